The van der Waals surface area contributed by atoms with E-state index in [4.69, 9.17) is 10.5 Å². The standard InChI is InChI=1S/C13H26N2O/c1-3-11-9-16-7-6-15(11)13-8-10(2)4-5-12(13)14/h10-13H,3-9,14H2,1-2H3. The average molecular weight is 226 g/mol. The van der Waals surface area contributed by atoms with Gasteiger partial charge in [0.1, 0.15) is 0 Å². The molecule has 2 fully saturated rings. The number of rotatable bonds is 2. The van der Waals surface area contributed by atoms with Crippen LogP contribution in [0.1, 0.15) is 39.5 Å². The van der Waals surface area contributed by atoms with Crippen LogP contribution in [0.15, 0.2) is 0 Å². The third kappa shape index (κ3) is 2.58. The molecule has 1 saturated heterocycles. The van der Waals surface area contributed by atoms with Crippen molar-refractivity contribution >= 4 is 0 Å². The van der Waals surface area contributed by atoms with Crippen LogP contribution in [0, 0.1) is 5.92 Å². The number of nitrogens with two attached hydrogens (primary N) is 1. The first-order chi connectivity index (χ1) is 7.72. The van der Waals surface area contributed by atoms with Crippen molar-refractivity contribution in [2.45, 2.75) is 57.7 Å². The van der Waals surface area contributed by atoms with Crippen LogP contribution in [-0.4, -0.2) is 42.8 Å². The Morgan fingerprint density at radius 2 is 2.19 bits per heavy atom. The van der Waals surface area contributed by atoms with Crippen LogP contribution in [-0.2, 0) is 4.74 Å². The molecule has 1 aliphatic heterocycles. The van der Waals surface area contributed by atoms with E-state index in [1.165, 1.54) is 25.7 Å². The second-order valence-corrected chi connectivity index (χ2v) is 5.52. The van der Waals surface area contributed by atoms with Gasteiger partial charge in [0.05, 0.1) is 13.2 Å². The molecular weight excluding hydrogens is 200 g/mol. The van der Waals surface area contributed by atoms with Crippen LogP contribution in [0.4, 0.5) is 0 Å². The summed E-state index contributed by atoms with van der Waals surface area (Å²) < 4.78 is 5.57. The maximum Gasteiger partial charge on any atom is 0.0622 e. The molecule has 1 heterocycles. The fourth-order valence-electron chi connectivity index (χ4n) is 3.21. The van der Waals surface area contributed by atoms with E-state index in [0.717, 1.165) is 25.7 Å². The molecule has 4 unspecified atom stereocenters. The van der Waals surface area contributed by atoms with Gasteiger partial charge in [0.15, 0.2) is 0 Å². The Hall–Kier alpha value is -0.120. The number of hydrogen-bond acceptors (Lipinski definition) is 3. The predicted molar refractivity (Wildman–Crippen MR) is 66.4 cm³/mol. The molecule has 3 heteroatoms. The number of hydrogen-bond donors (Lipinski definition) is 1. The van der Waals surface area contributed by atoms with Crippen LogP contribution < -0.4 is 5.73 Å². The van der Waals surface area contributed by atoms with Gasteiger partial charge in [-0.2, -0.15) is 0 Å². The summed E-state index contributed by atoms with van der Waals surface area (Å²) in [6.45, 7) is 7.47. The minimum atomic E-state index is 0.378. The van der Waals surface area contributed by atoms with Crippen molar-refractivity contribution in [1.29, 1.82) is 0 Å². The molecule has 0 bridgehead atoms. The van der Waals surface area contributed by atoms with Gasteiger partial charge < -0.3 is 10.5 Å². The SMILES string of the molecule is CCC1COCCN1C1CC(C)CCC1N. The van der Waals surface area contributed by atoms with Crippen molar-refractivity contribution in [2.75, 3.05) is 19.8 Å². The molecule has 1 saturated carbocycles. The van der Waals surface area contributed by atoms with E-state index in [2.05, 4.69) is 18.7 Å². The van der Waals surface area contributed by atoms with E-state index in [-0.39, 0.29) is 0 Å². The van der Waals surface area contributed by atoms with Gasteiger partial charge in [0.25, 0.3) is 0 Å². The maximum absolute atomic E-state index is 6.31. The summed E-state index contributed by atoms with van der Waals surface area (Å²) in [5.74, 6) is 0.838. The van der Waals surface area contributed by atoms with Crippen LogP contribution in [0.3, 0.4) is 0 Å². The van der Waals surface area contributed by atoms with Gasteiger partial charge in [-0.3, -0.25) is 4.90 Å². The summed E-state index contributed by atoms with van der Waals surface area (Å²) in [4.78, 5) is 2.63. The minimum Gasteiger partial charge on any atom is -0.378 e. The lowest BCUT2D eigenvalue weighted by atomic mass is 9.82. The molecule has 0 amide bonds. The minimum absolute atomic E-state index is 0.378. The fourth-order valence-corrected chi connectivity index (χ4v) is 3.21. The smallest absolute Gasteiger partial charge is 0.0622 e. The molecular formula is C13H26N2O. The highest BCUT2D eigenvalue weighted by Crippen LogP contribution is 2.29. The molecule has 0 aromatic carbocycles. The Bertz CT molecular complexity index is 222. The lowest BCUT2D eigenvalue weighted by Crippen LogP contribution is -2.58. The molecule has 2 rings (SSSR count). The summed E-state index contributed by atoms with van der Waals surface area (Å²) >= 11 is 0. The van der Waals surface area contributed by atoms with Crippen molar-refractivity contribution in [3.8, 4) is 0 Å². The van der Waals surface area contributed by atoms with Crippen LogP contribution >= 0.6 is 0 Å². The predicted octanol–water partition coefficient (Wildman–Crippen LogP) is 1.61. The summed E-state index contributed by atoms with van der Waals surface area (Å²) in [6.07, 6.45) is 4.95. The van der Waals surface area contributed by atoms with E-state index in [1.54, 1.807) is 0 Å². The van der Waals surface area contributed by atoms with Crippen LogP contribution in [0.5, 0.6) is 0 Å². The normalized spacial score (nSPS) is 42.2. The largest absolute Gasteiger partial charge is 0.378 e. The van der Waals surface area contributed by atoms with Gasteiger partial charge in [0.2, 0.25) is 0 Å². The topological polar surface area (TPSA) is 38.5 Å². The summed E-state index contributed by atoms with van der Waals surface area (Å²) in [7, 11) is 0. The molecule has 2 N–H and O–H groups in total. The number of morpholine rings is 1. The third-order valence-corrected chi connectivity index (χ3v) is 4.30. The first kappa shape index (κ1) is 12.3. The monoisotopic (exact) mass is 226 g/mol. The molecule has 0 spiro atoms. The summed E-state index contributed by atoms with van der Waals surface area (Å²) in [6, 6.07) is 1.57. The zero-order valence-corrected chi connectivity index (χ0v) is 10.7. The van der Waals surface area contributed by atoms with Gasteiger partial charge in [-0.05, 0) is 31.6 Å². The molecule has 16 heavy (non-hydrogen) atoms. The van der Waals surface area contributed by atoms with E-state index in [1.807, 2.05) is 0 Å². The highest BCUT2D eigenvalue weighted by atomic mass is 16.5. The maximum atomic E-state index is 6.31. The lowest BCUT2D eigenvalue weighted by molar-refractivity contribution is -0.0452. The van der Waals surface area contributed by atoms with E-state index >= 15 is 0 Å². The summed E-state index contributed by atoms with van der Waals surface area (Å²) in [5, 5.41) is 0. The fraction of sp³-hybridized carbons (Fsp3) is 1.00. The Morgan fingerprint density at radius 3 is 2.94 bits per heavy atom. The quantitative estimate of drug-likeness (QED) is 0.777. The van der Waals surface area contributed by atoms with Gasteiger partial charge in [0, 0.05) is 24.7 Å². The Balaban J connectivity index is 2.02. The van der Waals surface area contributed by atoms with Crippen LogP contribution in [0.2, 0.25) is 0 Å². The second kappa shape index (κ2) is 5.48. The number of nitrogens with zero attached hydrogens (tertiary/aromatic N) is 1. The second-order valence-electron chi connectivity index (χ2n) is 5.52. The van der Waals surface area contributed by atoms with Crippen molar-refractivity contribution in [3.63, 3.8) is 0 Å². The average Bonchev–Trinajstić information content (AvgIpc) is 2.32. The zero-order valence-electron chi connectivity index (χ0n) is 10.7. The van der Waals surface area contributed by atoms with E-state index < -0.39 is 0 Å². The summed E-state index contributed by atoms with van der Waals surface area (Å²) in [5.41, 5.74) is 6.31. The van der Waals surface area contributed by atoms with Gasteiger partial charge in [-0.1, -0.05) is 13.8 Å². The molecule has 0 radical (unpaired) electrons. The van der Waals surface area contributed by atoms with E-state index in [9.17, 15) is 0 Å². The molecule has 3 nitrogen and oxygen atoms in total. The first-order valence-electron chi connectivity index (χ1n) is 6.81. The van der Waals surface area contributed by atoms with Gasteiger partial charge in [-0.15, -0.1) is 0 Å². The lowest BCUT2D eigenvalue weighted by Gasteiger charge is -2.46. The Labute approximate surface area is 99.3 Å². The Morgan fingerprint density at radius 1 is 1.38 bits per heavy atom. The van der Waals surface area contributed by atoms with Crippen molar-refractivity contribution < 1.29 is 4.74 Å². The van der Waals surface area contributed by atoms with Crippen LogP contribution in [0.25, 0.3) is 0 Å². The highest BCUT2D eigenvalue weighted by molar-refractivity contribution is 4.91. The van der Waals surface area contributed by atoms with Crippen molar-refractivity contribution in [2.24, 2.45) is 11.7 Å². The van der Waals surface area contributed by atoms with E-state index in [0.29, 0.717) is 18.1 Å². The molecule has 0 aromatic rings. The van der Waals surface area contributed by atoms with Gasteiger partial charge >= 0.3 is 0 Å². The highest BCUT2D eigenvalue weighted by Gasteiger charge is 2.35. The first-order valence-corrected chi connectivity index (χ1v) is 6.81. The molecule has 1 aliphatic carbocycles. The Kier molecular flexibility index (Phi) is 4.22. The molecule has 4 atom stereocenters. The van der Waals surface area contributed by atoms with Crippen molar-refractivity contribution in [1.82, 2.24) is 4.90 Å². The third-order valence-electron chi connectivity index (χ3n) is 4.30. The van der Waals surface area contributed by atoms with Crippen molar-refractivity contribution in [3.05, 3.63) is 0 Å². The molecule has 94 valence electrons. The molecule has 2 aliphatic rings. The zero-order chi connectivity index (χ0) is 11.5. The van der Waals surface area contributed by atoms with Gasteiger partial charge in [-0.25, -0.2) is 0 Å². The number of ether oxygens (including phenoxy) is 1. The molecule has 0 aromatic heterocycles.